The van der Waals surface area contributed by atoms with Gasteiger partial charge in [0.1, 0.15) is 0 Å². The van der Waals surface area contributed by atoms with Crippen LogP contribution in [0.3, 0.4) is 0 Å². The number of aromatic nitrogens is 2. The van der Waals surface area contributed by atoms with E-state index in [1.54, 1.807) is 6.20 Å². The second-order valence-electron chi connectivity index (χ2n) is 3.80. The Bertz CT molecular complexity index is 539. The van der Waals surface area contributed by atoms with Crippen LogP contribution in [-0.2, 0) is 0 Å². The zero-order valence-corrected chi connectivity index (χ0v) is 9.83. The summed E-state index contributed by atoms with van der Waals surface area (Å²) in [4.78, 5) is 6.93. The van der Waals surface area contributed by atoms with E-state index in [9.17, 15) is 0 Å². The van der Waals surface area contributed by atoms with Crippen LogP contribution in [0.25, 0.3) is 11.3 Å². The fraction of sp³-hybridized carbons (Fsp3) is 0.250. The van der Waals surface area contributed by atoms with Crippen molar-refractivity contribution < 1.29 is 9.47 Å². The summed E-state index contributed by atoms with van der Waals surface area (Å²) in [5.74, 6) is 1.56. The first-order valence-corrected chi connectivity index (χ1v) is 5.81. The molecule has 0 unspecified atom stereocenters. The Balaban J connectivity index is 2.00. The molecule has 17 heavy (non-hydrogen) atoms. The number of rotatable bonds is 1. The summed E-state index contributed by atoms with van der Waals surface area (Å²) >= 11 is 5.76. The van der Waals surface area contributed by atoms with Crippen molar-refractivity contribution in [3.05, 3.63) is 29.7 Å². The number of halogens is 1. The highest BCUT2D eigenvalue weighted by Crippen LogP contribution is 2.33. The van der Waals surface area contributed by atoms with Crippen LogP contribution in [0.1, 0.15) is 6.42 Å². The van der Waals surface area contributed by atoms with Crippen molar-refractivity contribution >= 4 is 11.6 Å². The topological polar surface area (TPSA) is 47.1 Å². The zero-order chi connectivity index (χ0) is 11.7. The summed E-state index contributed by atoms with van der Waals surface area (Å²) in [6.07, 6.45) is 2.60. The van der Waals surface area contributed by atoms with Gasteiger partial charge in [0.05, 0.1) is 25.1 Å². The van der Waals surface area contributed by atoms with E-state index in [0.717, 1.165) is 29.2 Å². The largest absolute Gasteiger partial charge is 0.490 e. The first-order valence-electron chi connectivity index (χ1n) is 5.43. The van der Waals surface area contributed by atoms with Crippen molar-refractivity contribution in [3.8, 4) is 22.8 Å². The number of imidazole rings is 1. The second kappa shape index (κ2) is 4.30. The van der Waals surface area contributed by atoms with Gasteiger partial charge < -0.3 is 14.5 Å². The van der Waals surface area contributed by atoms with E-state index in [1.807, 2.05) is 18.2 Å². The number of H-pyrrole nitrogens is 1. The molecule has 1 aromatic carbocycles. The quantitative estimate of drug-likeness (QED) is 0.847. The van der Waals surface area contributed by atoms with Gasteiger partial charge in [0.25, 0.3) is 0 Å². The molecule has 0 amide bonds. The number of nitrogens with zero attached hydrogens (tertiary/aromatic N) is 1. The molecule has 2 aromatic rings. The average Bonchev–Trinajstić information content (AvgIpc) is 2.64. The highest BCUT2D eigenvalue weighted by molar-refractivity contribution is 6.28. The van der Waals surface area contributed by atoms with Crippen molar-refractivity contribution in [1.82, 2.24) is 9.97 Å². The lowest BCUT2D eigenvalue weighted by molar-refractivity contribution is 0.297. The van der Waals surface area contributed by atoms with Gasteiger partial charge in [0.15, 0.2) is 16.8 Å². The minimum absolute atomic E-state index is 0.382. The molecule has 3 rings (SSSR count). The van der Waals surface area contributed by atoms with Gasteiger partial charge in [-0.25, -0.2) is 4.98 Å². The summed E-state index contributed by atoms with van der Waals surface area (Å²) < 4.78 is 11.2. The number of nitrogens with one attached hydrogen (secondary N) is 1. The Kier molecular flexibility index (Phi) is 2.65. The van der Waals surface area contributed by atoms with Crippen LogP contribution in [-0.4, -0.2) is 23.2 Å². The summed E-state index contributed by atoms with van der Waals surface area (Å²) in [7, 11) is 0. The number of aromatic amines is 1. The number of hydrogen-bond donors (Lipinski definition) is 1. The van der Waals surface area contributed by atoms with Gasteiger partial charge in [-0.15, -0.1) is 0 Å². The van der Waals surface area contributed by atoms with Gasteiger partial charge in [0, 0.05) is 12.0 Å². The summed E-state index contributed by atoms with van der Waals surface area (Å²) in [5, 5.41) is 0.382. The van der Waals surface area contributed by atoms with Crippen LogP contribution in [0.15, 0.2) is 24.4 Å². The fourth-order valence-corrected chi connectivity index (χ4v) is 1.93. The average molecular weight is 251 g/mol. The van der Waals surface area contributed by atoms with E-state index in [-0.39, 0.29) is 0 Å². The fourth-order valence-electron chi connectivity index (χ4n) is 1.77. The van der Waals surface area contributed by atoms with Gasteiger partial charge in [-0.1, -0.05) is 0 Å². The molecule has 0 saturated carbocycles. The number of hydrogen-bond acceptors (Lipinski definition) is 3. The number of fused-ring (bicyclic) bond motifs is 1. The molecule has 0 saturated heterocycles. The first-order chi connectivity index (χ1) is 8.33. The molecule has 0 radical (unpaired) electrons. The number of benzene rings is 1. The third-order valence-electron chi connectivity index (χ3n) is 2.60. The van der Waals surface area contributed by atoms with Gasteiger partial charge in [-0.3, -0.25) is 0 Å². The Morgan fingerprint density at radius 2 is 2.00 bits per heavy atom. The maximum atomic E-state index is 5.76. The maximum Gasteiger partial charge on any atom is 0.200 e. The molecule has 4 nitrogen and oxygen atoms in total. The van der Waals surface area contributed by atoms with Crippen molar-refractivity contribution in [2.75, 3.05) is 13.2 Å². The molecule has 88 valence electrons. The van der Waals surface area contributed by atoms with Crippen LogP contribution in [0.4, 0.5) is 0 Å². The lowest BCUT2D eigenvalue weighted by Crippen LogP contribution is -1.97. The highest BCUT2D eigenvalue weighted by Gasteiger charge is 2.12. The molecule has 0 aliphatic carbocycles. The van der Waals surface area contributed by atoms with E-state index in [1.165, 1.54) is 0 Å². The summed E-state index contributed by atoms with van der Waals surface area (Å²) in [6.45, 7) is 1.38. The van der Waals surface area contributed by atoms with E-state index >= 15 is 0 Å². The standard InChI is InChI=1S/C12H11ClN2O2/c13-12-14-7-9(15-12)8-2-3-10-11(6-8)17-5-1-4-16-10/h2-3,6-7H,1,4-5H2,(H,14,15). The van der Waals surface area contributed by atoms with Gasteiger partial charge in [-0.05, 0) is 29.8 Å². The van der Waals surface area contributed by atoms with Crippen LogP contribution in [0.5, 0.6) is 11.5 Å². The van der Waals surface area contributed by atoms with Crippen LogP contribution < -0.4 is 9.47 Å². The van der Waals surface area contributed by atoms with E-state index in [4.69, 9.17) is 21.1 Å². The second-order valence-corrected chi connectivity index (χ2v) is 4.16. The molecule has 0 atom stereocenters. The Hall–Kier alpha value is -1.68. The predicted octanol–water partition coefficient (Wildman–Crippen LogP) is 2.89. The molecule has 1 aromatic heterocycles. The van der Waals surface area contributed by atoms with E-state index in [2.05, 4.69) is 9.97 Å². The Labute approximate surface area is 104 Å². The van der Waals surface area contributed by atoms with E-state index in [0.29, 0.717) is 18.5 Å². The summed E-state index contributed by atoms with van der Waals surface area (Å²) in [5.41, 5.74) is 1.85. The Morgan fingerprint density at radius 1 is 1.18 bits per heavy atom. The third kappa shape index (κ3) is 2.08. The van der Waals surface area contributed by atoms with E-state index < -0.39 is 0 Å². The highest BCUT2D eigenvalue weighted by atomic mass is 35.5. The van der Waals surface area contributed by atoms with Gasteiger partial charge in [-0.2, -0.15) is 0 Å². The van der Waals surface area contributed by atoms with Crippen LogP contribution in [0.2, 0.25) is 5.28 Å². The minimum Gasteiger partial charge on any atom is -0.490 e. The lowest BCUT2D eigenvalue weighted by Gasteiger charge is -2.08. The normalized spacial score (nSPS) is 14.4. The third-order valence-corrected chi connectivity index (χ3v) is 2.80. The van der Waals surface area contributed by atoms with Gasteiger partial charge >= 0.3 is 0 Å². The van der Waals surface area contributed by atoms with Crippen LogP contribution >= 0.6 is 11.6 Å². The van der Waals surface area contributed by atoms with Crippen molar-refractivity contribution in [3.63, 3.8) is 0 Å². The molecule has 1 N–H and O–H groups in total. The molecule has 1 aliphatic heterocycles. The molecule has 0 spiro atoms. The Morgan fingerprint density at radius 3 is 2.76 bits per heavy atom. The smallest absolute Gasteiger partial charge is 0.200 e. The molecule has 0 bridgehead atoms. The van der Waals surface area contributed by atoms with Crippen molar-refractivity contribution in [1.29, 1.82) is 0 Å². The van der Waals surface area contributed by atoms with Crippen LogP contribution in [0, 0.1) is 0 Å². The molecule has 2 heterocycles. The molecule has 0 fully saturated rings. The molecular formula is C12H11ClN2O2. The monoisotopic (exact) mass is 250 g/mol. The van der Waals surface area contributed by atoms with Crippen molar-refractivity contribution in [2.45, 2.75) is 6.42 Å². The zero-order valence-electron chi connectivity index (χ0n) is 9.07. The summed E-state index contributed by atoms with van der Waals surface area (Å²) in [6, 6.07) is 5.80. The molecule has 5 heteroatoms. The minimum atomic E-state index is 0.382. The lowest BCUT2D eigenvalue weighted by atomic mass is 10.1. The van der Waals surface area contributed by atoms with Gasteiger partial charge in [0.2, 0.25) is 0 Å². The first kappa shape index (κ1) is 10.5. The maximum absolute atomic E-state index is 5.76. The SMILES string of the molecule is Clc1ncc(-c2ccc3c(c2)OCCCO3)[nH]1. The van der Waals surface area contributed by atoms with Crippen molar-refractivity contribution in [2.24, 2.45) is 0 Å². The number of ether oxygens (including phenoxy) is 2. The molecular weight excluding hydrogens is 240 g/mol. The predicted molar refractivity (Wildman–Crippen MR) is 64.6 cm³/mol. The molecule has 1 aliphatic rings.